The minimum absolute atomic E-state index is 0.267. The largest absolute Gasteiger partial charge is 0.0651 e. The third-order valence-corrected chi connectivity index (χ3v) is 7.61. The van der Waals surface area contributed by atoms with Crippen molar-refractivity contribution in [3.8, 4) is 0 Å². The molecule has 0 spiro atoms. The van der Waals surface area contributed by atoms with Gasteiger partial charge in [0.05, 0.1) is 0 Å². The zero-order valence-corrected chi connectivity index (χ0v) is 18.1. The Hall–Kier alpha value is -1.82. The van der Waals surface area contributed by atoms with Gasteiger partial charge in [0.1, 0.15) is 0 Å². The molecule has 0 fully saturated rings. The fourth-order valence-corrected chi connectivity index (χ4v) is 5.31. The number of rotatable bonds is 6. The lowest BCUT2D eigenvalue weighted by Crippen LogP contribution is -2.28. The fraction of sp³-hybridized carbons (Fsp3) is 0.500. The molecule has 0 saturated carbocycles. The highest BCUT2D eigenvalue weighted by atomic mass is 14.4. The molecule has 4 rings (SSSR count). The van der Waals surface area contributed by atoms with Gasteiger partial charge in [-0.1, -0.05) is 89.6 Å². The van der Waals surface area contributed by atoms with E-state index in [9.17, 15) is 0 Å². The van der Waals surface area contributed by atoms with Crippen LogP contribution in [0.4, 0.5) is 0 Å². The normalized spacial score (nSPS) is 27.6. The third-order valence-electron chi connectivity index (χ3n) is 7.61. The van der Waals surface area contributed by atoms with Crippen LogP contribution >= 0.6 is 0 Å². The molecule has 3 aromatic rings. The van der Waals surface area contributed by atoms with E-state index < -0.39 is 12.8 Å². The summed E-state index contributed by atoms with van der Waals surface area (Å²) in [5.41, 5.74) is 2.08. The van der Waals surface area contributed by atoms with Crippen molar-refractivity contribution >= 4 is 21.5 Å². The predicted octanol–water partition coefficient (Wildman–Crippen LogP) is 8.30. The van der Waals surface area contributed by atoms with Crippen molar-refractivity contribution < 1.29 is 2.74 Å². The van der Waals surface area contributed by atoms with Crippen LogP contribution in [0.1, 0.15) is 74.1 Å². The summed E-state index contributed by atoms with van der Waals surface area (Å²) in [6.07, 6.45) is 2.67. The van der Waals surface area contributed by atoms with E-state index in [0.29, 0.717) is 11.8 Å². The van der Waals surface area contributed by atoms with Crippen LogP contribution in [0.15, 0.2) is 48.5 Å². The van der Waals surface area contributed by atoms with Crippen molar-refractivity contribution in [1.29, 1.82) is 0 Å². The number of benzene rings is 3. The smallest absolute Gasteiger partial charge is 0.0317 e. The Morgan fingerprint density at radius 3 is 2.43 bits per heavy atom. The van der Waals surface area contributed by atoms with Gasteiger partial charge in [-0.2, -0.15) is 0 Å². The van der Waals surface area contributed by atoms with E-state index in [2.05, 4.69) is 83.1 Å². The summed E-state index contributed by atoms with van der Waals surface area (Å²) in [6, 6.07) is 17.4. The molecule has 0 N–H and O–H groups in total. The van der Waals surface area contributed by atoms with Crippen LogP contribution < -0.4 is 0 Å². The lowest BCUT2D eigenvalue weighted by molar-refractivity contribution is 0.249. The first-order valence-electron chi connectivity index (χ1n) is 12.3. The second-order valence-electron chi connectivity index (χ2n) is 9.42. The van der Waals surface area contributed by atoms with Crippen LogP contribution in [-0.4, -0.2) is 0 Å². The Morgan fingerprint density at radius 2 is 1.68 bits per heavy atom. The van der Waals surface area contributed by atoms with E-state index in [1.165, 1.54) is 39.9 Å². The molecule has 28 heavy (non-hydrogen) atoms. The first-order chi connectivity index (χ1) is 14.3. The minimum Gasteiger partial charge on any atom is -0.0651 e. The lowest BCUT2D eigenvalue weighted by atomic mass is 9.70. The number of hydrogen-bond donors (Lipinski definition) is 0. The molecular weight excluding hydrogens is 336 g/mol. The predicted molar refractivity (Wildman–Crippen MR) is 124 cm³/mol. The zero-order chi connectivity index (χ0) is 21.6. The van der Waals surface area contributed by atoms with Gasteiger partial charge in [-0.05, 0) is 81.5 Å². The Morgan fingerprint density at radius 1 is 0.929 bits per heavy atom. The molecule has 0 nitrogen and oxygen atoms in total. The molecule has 0 aromatic heterocycles. The van der Waals surface area contributed by atoms with Crippen LogP contribution in [0.5, 0.6) is 0 Å². The lowest BCUT2D eigenvalue weighted by Gasteiger charge is -2.34. The monoisotopic (exact) mass is 374 g/mol. The van der Waals surface area contributed by atoms with E-state index in [1.54, 1.807) is 0 Å². The Balaban J connectivity index is 1.78. The molecule has 2 unspecified atom stereocenters. The van der Waals surface area contributed by atoms with Crippen LogP contribution in [0, 0.1) is 17.8 Å². The maximum Gasteiger partial charge on any atom is 0.0317 e. The van der Waals surface area contributed by atoms with Crippen molar-refractivity contribution in [2.75, 3.05) is 0 Å². The molecule has 0 radical (unpaired) electrons. The highest BCUT2D eigenvalue weighted by Crippen LogP contribution is 2.48. The van der Waals surface area contributed by atoms with Gasteiger partial charge in [-0.15, -0.1) is 0 Å². The van der Waals surface area contributed by atoms with E-state index in [4.69, 9.17) is 2.74 Å². The molecule has 0 heterocycles. The number of aryl methyl sites for hydroxylation is 1. The van der Waals surface area contributed by atoms with Crippen molar-refractivity contribution in [3.63, 3.8) is 0 Å². The van der Waals surface area contributed by atoms with Gasteiger partial charge in [0.15, 0.2) is 0 Å². The Labute approximate surface area is 174 Å². The average Bonchev–Trinajstić information content (AvgIpc) is 2.95. The summed E-state index contributed by atoms with van der Waals surface area (Å²) in [7, 11) is 0. The summed E-state index contributed by atoms with van der Waals surface area (Å²) in [5.74, 6) is 1.84. The molecule has 0 heteroatoms. The van der Waals surface area contributed by atoms with Gasteiger partial charge >= 0.3 is 0 Å². The maximum absolute atomic E-state index is 9.07. The van der Waals surface area contributed by atoms with Crippen molar-refractivity contribution in [3.05, 3.63) is 59.7 Å². The fourth-order valence-electron chi connectivity index (χ4n) is 5.31. The number of hydrogen-bond acceptors (Lipinski definition) is 0. The molecule has 1 aliphatic rings. The van der Waals surface area contributed by atoms with Crippen molar-refractivity contribution in [2.45, 2.75) is 72.1 Å². The van der Waals surface area contributed by atoms with Gasteiger partial charge in [-0.25, -0.2) is 0 Å². The zero-order valence-electron chi connectivity index (χ0n) is 20.1. The summed E-state index contributed by atoms with van der Waals surface area (Å²) in [4.78, 5) is 0. The van der Waals surface area contributed by atoms with Gasteiger partial charge < -0.3 is 0 Å². The summed E-state index contributed by atoms with van der Waals surface area (Å²) in [5, 5.41) is 4.88. The molecular formula is C28H36. The standard InChI is InChI=1S/C28H36/c1-6-21(19(2)3)12-11-20(4)28(5)18-17-26-25-14-13-22-9-7-8-10-23(22)24(25)15-16-27(26)28/h7-10,13-16,19-21H,6,11-12,17-18H2,1-5H3/t20-,21-,28+/m1/s1/i17D,18D/t17?,18?,20-,21-,28+. The van der Waals surface area contributed by atoms with E-state index in [0.717, 1.165) is 17.9 Å². The second kappa shape index (κ2) is 7.54. The molecule has 5 atom stereocenters. The van der Waals surface area contributed by atoms with E-state index in [1.807, 2.05) is 0 Å². The summed E-state index contributed by atoms with van der Waals surface area (Å²) < 4.78 is 18.1. The van der Waals surface area contributed by atoms with Crippen molar-refractivity contribution in [2.24, 2.45) is 17.8 Å². The highest BCUT2D eigenvalue weighted by molar-refractivity contribution is 6.08. The van der Waals surface area contributed by atoms with Crippen LogP contribution in [0.3, 0.4) is 0 Å². The molecule has 0 saturated heterocycles. The number of fused-ring (bicyclic) bond motifs is 5. The maximum atomic E-state index is 9.07. The quantitative estimate of drug-likeness (QED) is 0.381. The Kier molecular flexibility index (Phi) is 4.60. The summed E-state index contributed by atoms with van der Waals surface area (Å²) in [6.45, 7) is 11.5. The topological polar surface area (TPSA) is 0 Å². The average molecular weight is 375 g/mol. The molecule has 0 amide bonds. The highest BCUT2D eigenvalue weighted by Gasteiger charge is 2.39. The third kappa shape index (κ3) is 3.15. The molecule has 0 bridgehead atoms. The van der Waals surface area contributed by atoms with E-state index >= 15 is 0 Å². The van der Waals surface area contributed by atoms with E-state index in [-0.39, 0.29) is 5.41 Å². The molecule has 1 aliphatic carbocycles. The molecule has 148 valence electrons. The van der Waals surface area contributed by atoms with Crippen molar-refractivity contribution in [1.82, 2.24) is 0 Å². The minimum atomic E-state index is -0.482. The van der Waals surface area contributed by atoms with Crippen LogP contribution in [0.25, 0.3) is 21.5 Å². The summed E-state index contributed by atoms with van der Waals surface area (Å²) >= 11 is 0. The van der Waals surface area contributed by atoms with Gasteiger partial charge in [0.2, 0.25) is 0 Å². The first-order valence-corrected chi connectivity index (χ1v) is 11.1. The second-order valence-corrected chi connectivity index (χ2v) is 9.42. The van der Waals surface area contributed by atoms with Gasteiger partial charge in [0, 0.05) is 2.74 Å². The van der Waals surface area contributed by atoms with Gasteiger partial charge in [-0.3, -0.25) is 0 Å². The SMILES string of the molecule is [2H]C1c2c(ccc3c2ccc2ccccc23)[C@](C)([C@H](C)CC[C@@H](CC)C(C)C)C1[2H]. The molecule has 3 aromatic carbocycles. The van der Waals surface area contributed by atoms with Crippen LogP contribution in [0.2, 0.25) is 0 Å². The molecule has 0 aliphatic heterocycles. The Bertz CT molecular complexity index is 1050. The van der Waals surface area contributed by atoms with Gasteiger partial charge in [0.25, 0.3) is 0 Å². The first kappa shape index (κ1) is 17.1. The van der Waals surface area contributed by atoms with Crippen LogP contribution in [-0.2, 0) is 11.8 Å².